The number of rotatable bonds is 4. The molecule has 0 unspecified atom stereocenters. The van der Waals surface area contributed by atoms with Gasteiger partial charge >= 0.3 is 6.09 Å². The van der Waals surface area contributed by atoms with Crippen molar-refractivity contribution in [3.8, 4) is 0 Å². The lowest BCUT2D eigenvalue weighted by Gasteiger charge is -2.18. The van der Waals surface area contributed by atoms with E-state index in [9.17, 15) is 9.90 Å². The van der Waals surface area contributed by atoms with E-state index in [1.54, 1.807) is 4.90 Å². The van der Waals surface area contributed by atoms with Crippen LogP contribution >= 0.6 is 0 Å². The summed E-state index contributed by atoms with van der Waals surface area (Å²) in [6, 6.07) is 9.75. The number of carbonyl (C=O) groups excluding carboxylic acids is 1. The second kappa shape index (κ2) is 6.72. The lowest BCUT2D eigenvalue weighted by Crippen LogP contribution is -2.43. The Hall–Kier alpha value is -1.59. The predicted molar refractivity (Wildman–Crippen MR) is 76.3 cm³/mol. The minimum atomic E-state index is -0.540. The molecule has 1 aliphatic rings. The quantitative estimate of drug-likeness (QED) is 0.873. The molecule has 1 aromatic carbocycles. The minimum Gasteiger partial charge on any atom is -0.445 e. The first kappa shape index (κ1) is 14.8. The molecule has 0 bridgehead atoms. The van der Waals surface area contributed by atoms with Gasteiger partial charge in [0, 0.05) is 12.6 Å². The predicted octanol–water partition coefficient (Wildman–Crippen LogP) is 1.37. The van der Waals surface area contributed by atoms with Crippen LogP contribution in [0.3, 0.4) is 0 Å². The molecule has 2 rings (SSSR count). The molecule has 1 fully saturated rings. The lowest BCUT2D eigenvalue weighted by molar-refractivity contribution is 0.0969. The number of β-amino-alcohol motifs (C(OH)–C–C–N with tert-alkyl or cyclic N) is 1. The van der Waals surface area contributed by atoms with Crippen LogP contribution in [0.1, 0.15) is 19.4 Å². The second-order valence-electron chi connectivity index (χ2n) is 5.44. The van der Waals surface area contributed by atoms with Crippen molar-refractivity contribution < 1.29 is 14.6 Å². The van der Waals surface area contributed by atoms with E-state index in [4.69, 9.17) is 4.74 Å². The molecule has 1 aliphatic heterocycles. The number of amides is 1. The summed E-state index contributed by atoms with van der Waals surface area (Å²) in [5.74, 6) is 0. The van der Waals surface area contributed by atoms with Crippen LogP contribution in [0.25, 0.3) is 0 Å². The largest absolute Gasteiger partial charge is 0.445 e. The Bertz CT molecular complexity index is 436. The van der Waals surface area contributed by atoms with Gasteiger partial charge in [0.25, 0.3) is 0 Å². The minimum absolute atomic E-state index is 0.0840. The van der Waals surface area contributed by atoms with Crippen molar-refractivity contribution in [1.29, 1.82) is 0 Å². The molecule has 20 heavy (non-hydrogen) atoms. The van der Waals surface area contributed by atoms with Crippen LogP contribution < -0.4 is 5.32 Å². The van der Waals surface area contributed by atoms with Crippen LogP contribution in [0.4, 0.5) is 4.79 Å². The van der Waals surface area contributed by atoms with E-state index in [1.165, 1.54) is 0 Å². The number of nitrogens with one attached hydrogen (secondary N) is 1. The van der Waals surface area contributed by atoms with Gasteiger partial charge in [0.05, 0.1) is 18.7 Å². The summed E-state index contributed by atoms with van der Waals surface area (Å²) in [7, 11) is 0. The zero-order chi connectivity index (χ0) is 14.5. The molecule has 1 heterocycles. The van der Waals surface area contributed by atoms with Crippen molar-refractivity contribution >= 4 is 6.09 Å². The van der Waals surface area contributed by atoms with Crippen molar-refractivity contribution in [3.05, 3.63) is 35.9 Å². The molecule has 2 N–H and O–H groups in total. The summed E-state index contributed by atoms with van der Waals surface area (Å²) in [5.41, 5.74) is 0.956. The number of hydrogen-bond donors (Lipinski definition) is 2. The number of hydrogen-bond acceptors (Lipinski definition) is 4. The fraction of sp³-hybridized carbons (Fsp3) is 0.533. The molecule has 0 spiro atoms. The van der Waals surface area contributed by atoms with Crippen LogP contribution in [0.2, 0.25) is 0 Å². The third kappa shape index (κ3) is 3.95. The Labute approximate surface area is 119 Å². The van der Waals surface area contributed by atoms with Gasteiger partial charge in [-0.1, -0.05) is 44.2 Å². The number of nitrogens with zero attached hydrogens (tertiary/aromatic N) is 1. The summed E-state index contributed by atoms with van der Waals surface area (Å²) in [6.07, 6.45) is -0.914. The van der Waals surface area contributed by atoms with E-state index in [1.807, 2.05) is 44.2 Å². The number of likely N-dealkylation sites (tertiary alicyclic amines) is 1. The first-order valence-electron chi connectivity index (χ1n) is 6.96. The highest BCUT2D eigenvalue weighted by Gasteiger charge is 2.34. The third-order valence-electron chi connectivity index (χ3n) is 3.30. The molecule has 0 radical (unpaired) electrons. The second-order valence-corrected chi connectivity index (χ2v) is 5.44. The fourth-order valence-electron chi connectivity index (χ4n) is 2.34. The smallest absolute Gasteiger partial charge is 0.410 e. The maximum absolute atomic E-state index is 12.0. The van der Waals surface area contributed by atoms with Crippen molar-refractivity contribution in [2.24, 2.45) is 0 Å². The highest BCUT2D eigenvalue weighted by Crippen LogP contribution is 2.13. The number of aliphatic hydroxyl groups is 1. The molecule has 110 valence electrons. The first-order chi connectivity index (χ1) is 9.56. The maximum Gasteiger partial charge on any atom is 0.410 e. The molecule has 0 saturated carbocycles. The van der Waals surface area contributed by atoms with Gasteiger partial charge in [-0.05, 0) is 5.56 Å². The van der Waals surface area contributed by atoms with Gasteiger partial charge in [-0.2, -0.15) is 0 Å². The monoisotopic (exact) mass is 278 g/mol. The van der Waals surface area contributed by atoms with Crippen molar-refractivity contribution in [1.82, 2.24) is 10.2 Å². The Morgan fingerprint density at radius 3 is 2.75 bits per heavy atom. The maximum atomic E-state index is 12.0. The topological polar surface area (TPSA) is 61.8 Å². The number of benzene rings is 1. The van der Waals surface area contributed by atoms with Crippen LogP contribution in [0.5, 0.6) is 0 Å². The van der Waals surface area contributed by atoms with E-state index < -0.39 is 6.10 Å². The van der Waals surface area contributed by atoms with Gasteiger partial charge in [-0.3, -0.25) is 0 Å². The van der Waals surface area contributed by atoms with Gasteiger partial charge in [-0.25, -0.2) is 4.79 Å². The molecule has 0 aromatic heterocycles. The average Bonchev–Trinajstić information content (AvgIpc) is 2.78. The van der Waals surface area contributed by atoms with Crippen molar-refractivity contribution in [3.63, 3.8) is 0 Å². The molecule has 0 aliphatic carbocycles. The Balaban J connectivity index is 1.82. The molecule has 2 atom stereocenters. The molecule has 5 nitrogen and oxygen atoms in total. The van der Waals surface area contributed by atoms with Crippen molar-refractivity contribution in [2.75, 3.05) is 13.1 Å². The average molecular weight is 278 g/mol. The summed E-state index contributed by atoms with van der Waals surface area (Å²) >= 11 is 0. The summed E-state index contributed by atoms with van der Waals surface area (Å²) in [6.45, 7) is 5.09. The van der Waals surface area contributed by atoms with Gasteiger partial charge in [0.1, 0.15) is 6.61 Å². The van der Waals surface area contributed by atoms with Gasteiger partial charge < -0.3 is 20.1 Å². The molecule has 5 heteroatoms. The van der Waals surface area contributed by atoms with Crippen LogP contribution in [-0.2, 0) is 11.3 Å². The zero-order valence-corrected chi connectivity index (χ0v) is 12.0. The van der Waals surface area contributed by atoms with Gasteiger partial charge in [0.2, 0.25) is 0 Å². The molecule has 1 aromatic rings. The number of aliphatic hydroxyl groups excluding tert-OH is 1. The van der Waals surface area contributed by atoms with Crippen molar-refractivity contribution in [2.45, 2.75) is 38.6 Å². The highest BCUT2D eigenvalue weighted by molar-refractivity contribution is 5.68. The summed E-state index contributed by atoms with van der Waals surface area (Å²) in [4.78, 5) is 13.5. The molecular weight excluding hydrogens is 256 g/mol. The highest BCUT2D eigenvalue weighted by atomic mass is 16.6. The Morgan fingerprint density at radius 2 is 2.10 bits per heavy atom. The number of ether oxygens (including phenoxy) is 1. The zero-order valence-electron chi connectivity index (χ0n) is 12.0. The van der Waals surface area contributed by atoms with Crippen LogP contribution in [-0.4, -0.2) is 47.4 Å². The molecule has 1 amide bonds. The molecular formula is C15H22N2O3. The first-order valence-corrected chi connectivity index (χ1v) is 6.96. The normalized spacial score (nSPS) is 22.3. The third-order valence-corrected chi connectivity index (χ3v) is 3.30. The van der Waals surface area contributed by atoms with E-state index in [-0.39, 0.29) is 24.8 Å². The molecule has 1 saturated heterocycles. The van der Waals surface area contributed by atoms with E-state index in [2.05, 4.69) is 5.32 Å². The van der Waals surface area contributed by atoms with Gasteiger partial charge in [0.15, 0.2) is 0 Å². The van der Waals surface area contributed by atoms with Crippen LogP contribution in [0, 0.1) is 0 Å². The van der Waals surface area contributed by atoms with E-state index in [0.717, 1.165) is 5.56 Å². The van der Waals surface area contributed by atoms with Gasteiger partial charge in [-0.15, -0.1) is 0 Å². The number of carbonyl (C=O) groups is 1. The standard InChI is InChI=1S/C15H22N2O3/c1-11(2)16-13-8-17(9-14(13)18)15(19)20-10-12-6-4-3-5-7-12/h3-7,11,13-14,16,18H,8-10H2,1-2H3/t13-,14-/m1/s1. The SMILES string of the molecule is CC(C)N[C@@H]1CN(C(=O)OCc2ccccc2)C[C@H]1O. The van der Waals surface area contributed by atoms with E-state index in [0.29, 0.717) is 13.1 Å². The fourth-order valence-corrected chi connectivity index (χ4v) is 2.34. The summed E-state index contributed by atoms with van der Waals surface area (Å²) < 4.78 is 5.26. The van der Waals surface area contributed by atoms with Crippen LogP contribution in [0.15, 0.2) is 30.3 Å². The Kier molecular flexibility index (Phi) is 4.98. The van der Waals surface area contributed by atoms with E-state index >= 15 is 0 Å². The summed E-state index contributed by atoms with van der Waals surface area (Å²) in [5, 5.41) is 13.2. The Morgan fingerprint density at radius 1 is 1.40 bits per heavy atom. The lowest BCUT2D eigenvalue weighted by atomic mass is 10.2.